The summed E-state index contributed by atoms with van der Waals surface area (Å²) in [4.78, 5) is 12.3. The highest BCUT2D eigenvalue weighted by Crippen LogP contribution is 2.63. The normalized spacial score (nSPS) is 37.5. The van der Waals surface area contributed by atoms with Crippen LogP contribution in [-0.2, 0) is 9.53 Å². The average molecular weight is 296 g/mol. The maximum atomic E-state index is 12.3. The topological polar surface area (TPSA) is 26.3 Å². The molecule has 0 spiro atoms. The Balaban J connectivity index is 1.98. The van der Waals surface area contributed by atoms with Crippen molar-refractivity contribution >= 4 is 29.5 Å². The van der Waals surface area contributed by atoms with E-state index in [-0.39, 0.29) is 5.97 Å². The molecule has 0 N–H and O–H groups in total. The van der Waals surface area contributed by atoms with Gasteiger partial charge in [-0.2, -0.15) is 0 Å². The highest BCUT2D eigenvalue weighted by atomic mass is 32.2. The Hall–Kier alpha value is -0.350. The molecular weight excluding hydrogens is 276 g/mol. The monoisotopic (exact) mass is 296 g/mol. The third-order valence-electron chi connectivity index (χ3n) is 4.75. The summed E-state index contributed by atoms with van der Waals surface area (Å²) in [5.74, 6) is 3.29. The molecule has 3 aliphatic rings. The molecule has 104 valence electrons. The van der Waals surface area contributed by atoms with Crippen molar-refractivity contribution in [3.63, 3.8) is 0 Å². The minimum Gasteiger partial charge on any atom is -0.468 e. The Labute approximate surface area is 123 Å². The van der Waals surface area contributed by atoms with Gasteiger partial charge in [0.05, 0.1) is 12.5 Å². The highest BCUT2D eigenvalue weighted by Gasteiger charge is 2.58. The zero-order valence-corrected chi connectivity index (χ0v) is 12.9. The summed E-state index contributed by atoms with van der Waals surface area (Å²) in [5, 5.41) is 0. The maximum Gasteiger partial charge on any atom is 0.316 e. The molecule has 3 rings (SSSR count). The Morgan fingerprint density at radius 2 is 2.16 bits per heavy atom. The second kappa shape index (κ2) is 5.21. The zero-order valence-electron chi connectivity index (χ0n) is 11.3. The number of carbonyl (C=O) groups is 1. The number of fused-ring (bicyclic) bond motifs is 2. The Morgan fingerprint density at radius 1 is 1.42 bits per heavy atom. The summed E-state index contributed by atoms with van der Waals surface area (Å²) in [6.07, 6.45) is 6.42. The van der Waals surface area contributed by atoms with Crippen molar-refractivity contribution < 1.29 is 9.53 Å². The van der Waals surface area contributed by atoms with Crippen LogP contribution in [0.4, 0.5) is 0 Å². The molecule has 0 unspecified atom stereocenters. The van der Waals surface area contributed by atoms with Gasteiger partial charge in [0.1, 0.15) is 0 Å². The van der Waals surface area contributed by atoms with Gasteiger partial charge in [0.2, 0.25) is 0 Å². The van der Waals surface area contributed by atoms with E-state index < -0.39 is 5.41 Å². The van der Waals surface area contributed by atoms with E-state index in [1.807, 2.05) is 29.6 Å². The van der Waals surface area contributed by atoms with Gasteiger partial charge in [0.25, 0.3) is 0 Å². The van der Waals surface area contributed by atoms with Crippen LogP contribution in [-0.4, -0.2) is 24.6 Å². The minimum absolute atomic E-state index is 0.0846. The van der Waals surface area contributed by atoms with Gasteiger partial charge in [-0.3, -0.25) is 4.79 Å². The van der Waals surface area contributed by atoms with E-state index in [0.717, 1.165) is 12.8 Å². The van der Waals surface area contributed by atoms with Crippen LogP contribution in [0.25, 0.3) is 0 Å². The van der Waals surface area contributed by atoms with Crippen molar-refractivity contribution in [3.05, 3.63) is 22.5 Å². The lowest BCUT2D eigenvalue weighted by Gasteiger charge is -2.31. The Kier molecular flexibility index (Phi) is 3.73. The van der Waals surface area contributed by atoms with Crippen LogP contribution >= 0.6 is 23.5 Å². The van der Waals surface area contributed by atoms with Gasteiger partial charge in [-0.15, -0.1) is 30.1 Å². The summed E-state index contributed by atoms with van der Waals surface area (Å²) in [6, 6.07) is 0. The second-order valence-electron chi connectivity index (χ2n) is 5.56. The number of rotatable bonds is 2. The van der Waals surface area contributed by atoms with Gasteiger partial charge in [0, 0.05) is 10.2 Å². The van der Waals surface area contributed by atoms with Crippen LogP contribution in [0.15, 0.2) is 22.5 Å². The molecule has 0 aromatic carbocycles. The predicted molar refractivity (Wildman–Crippen MR) is 82.0 cm³/mol. The first kappa shape index (κ1) is 13.6. The van der Waals surface area contributed by atoms with Gasteiger partial charge < -0.3 is 4.74 Å². The maximum absolute atomic E-state index is 12.3. The SMILES string of the molecule is C=C[C@]1(C(=O)OC)C[C@H]2CC[C@@H]1C2=C1SCCCS1. The van der Waals surface area contributed by atoms with Crippen LogP contribution in [0, 0.1) is 17.3 Å². The molecular formula is C15H20O2S2. The molecule has 2 saturated carbocycles. The summed E-state index contributed by atoms with van der Waals surface area (Å²) in [5.41, 5.74) is 1.11. The average Bonchev–Trinajstić information content (AvgIpc) is 3.03. The molecule has 2 aliphatic carbocycles. The minimum atomic E-state index is -0.446. The van der Waals surface area contributed by atoms with Crippen LogP contribution in [0.5, 0.6) is 0 Å². The first-order valence-corrected chi connectivity index (χ1v) is 8.91. The molecule has 4 heteroatoms. The molecule has 1 heterocycles. The summed E-state index contributed by atoms with van der Waals surface area (Å²) in [7, 11) is 1.50. The van der Waals surface area contributed by atoms with E-state index in [0.29, 0.717) is 11.8 Å². The van der Waals surface area contributed by atoms with Crippen molar-refractivity contribution in [1.29, 1.82) is 0 Å². The Bertz CT molecular complexity index is 435. The number of thioether (sulfide) groups is 2. The molecule has 1 saturated heterocycles. The lowest BCUT2D eigenvalue weighted by Crippen LogP contribution is -2.35. The lowest BCUT2D eigenvalue weighted by atomic mass is 9.73. The van der Waals surface area contributed by atoms with Crippen LogP contribution < -0.4 is 0 Å². The molecule has 2 nitrogen and oxygen atoms in total. The van der Waals surface area contributed by atoms with Gasteiger partial charge in [0.15, 0.2) is 0 Å². The number of allylic oxidation sites excluding steroid dienone is 1. The van der Waals surface area contributed by atoms with Crippen molar-refractivity contribution in [3.8, 4) is 0 Å². The van der Waals surface area contributed by atoms with Crippen molar-refractivity contribution in [2.75, 3.05) is 18.6 Å². The number of carbonyl (C=O) groups excluding carboxylic acids is 1. The van der Waals surface area contributed by atoms with E-state index >= 15 is 0 Å². The third kappa shape index (κ3) is 1.99. The van der Waals surface area contributed by atoms with E-state index in [4.69, 9.17) is 4.74 Å². The summed E-state index contributed by atoms with van der Waals surface area (Å²) >= 11 is 3.99. The van der Waals surface area contributed by atoms with Gasteiger partial charge in [-0.05, 0) is 48.7 Å². The molecule has 3 fully saturated rings. The number of methoxy groups -OCH3 is 1. The first-order valence-electron chi connectivity index (χ1n) is 6.94. The number of esters is 1. The van der Waals surface area contributed by atoms with Crippen molar-refractivity contribution in [2.45, 2.75) is 25.7 Å². The molecule has 0 aromatic heterocycles. The van der Waals surface area contributed by atoms with Crippen LogP contribution in [0.2, 0.25) is 0 Å². The predicted octanol–water partition coefficient (Wildman–Crippen LogP) is 3.84. The van der Waals surface area contributed by atoms with Gasteiger partial charge >= 0.3 is 5.97 Å². The van der Waals surface area contributed by atoms with Crippen LogP contribution in [0.3, 0.4) is 0 Å². The third-order valence-corrected chi connectivity index (χ3v) is 7.43. The Morgan fingerprint density at radius 3 is 2.79 bits per heavy atom. The highest BCUT2D eigenvalue weighted by molar-refractivity contribution is 8.22. The quantitative estimate of drug-likeness (QED) is 0.571. The van der Waals surface area contributed by atoms with Crippen LogP contribution in [0.1, 0.15) is 25.7 Å². The largest absolute Gasteiger partial charge is 0.468 e. The molecule has 2 bridgehead atoms. The van der Waals surface area contributed by atoms with Gasteiger partial charge in [-0.25, -0.2) is 0 Å². The van der Waals surface area contributed by atoms with E-state index in [9.17, 15) is 4.79 Å². The lowest BCUT2D eigenvalue weighted by molar-refractivity contribution is -0.152. The number of ether oxygens (including phenoxy) is 1. The second-order valence-corrected chi connectivity index (χ2v) is 8.03. The molecule has 1 aliphatic heterocycles. The molecule has 3 atom stereocenters. The number of hydrogen-bond donors (Lipinski definition) is 0. The summed E-state index contributed by atoms with van der Waals surface area (Å²) in [6.45, 7) is 3.95. The van der Waals surface area contributed by atoms with Crippen molar-refractivity contribution in [1.82, 2.24) is 0 Å². The zero-order chi connectivity index (χ0) is 13.5. The fourth-order valence-electron chi connectivity index (χ4n) is 3.89. The van der Waals surface area contributed by atoms with E-state index in [1.165, 1.54) is 35.7 Å². The van der Waals surface area contributed by atoms with E-state index in [1.54, 1.807) is 5.57 Å². The van der Waals surface area contributed by atoms with Gasteiger partial charge in [-0.1, -0.05) is 6.08 Å². The standard InChI is InChI=1S/C15H20O2S2/c1-3-15(14(16)17-2)9-10-5-6-11(15)12(10)13-18-7-4-8-19-13/h3,10-11H,1,4-9H2,2H3/t10-,11-,15+/m1/s1. The fourth-order valence-corrected chi connectivity index (χ4v) is 6.81. The molecule has 0 radical (unpaired) electrons. The molecule has 19 heavy (non-hydrogen) atoms. The smallest absolute Gasteiger partial charge is 0.316 e. The fraction of sp³-hybridized carbons (Fsp3) is 0.667. The summed E-state index contributed by atoms with van der Waals surface area (Å²) < 4.78 is 6.58. The first-order chi connectivity index (χ1) is 9.23. The van der Waals surface area contributed by atoms with Crippen molar-refractivity contribution in [2.24, 2.45) is 17.3 Å². The molecule has 0 amide bonds. The van der Waals surface area contributed by atoms with E-state index in [2.05, 4.69) is 6.58 Å². The molecule has 0 aromatic rings. The number of hydrogen-bond acceptors (Lipinski definition) is 4.